The first-order valence-corrected chi connectivity index (χ1v) is 5.17. The fourth-order valence-corrected chi connectivity index (χ4v) is 1.80. The Morgan fingerprint density at radius 3 is 2.69 bits per heavy atom. The molecule has 16 heavy (non-hydrogen) atoms. The molecule has 2 nitrogen and oxygen atoms in total. The summed E-state index contributed by atoms with van der Waals surface area (Å²) in [7, 11) is 1.76. The zero-order chi connectivity index (χ0) is 11.5. The van der Waals surface area contributed by atoms with Gasteiger partial charge in [-0.2, -0.15) is 0 Å². The predicted molar refractivity (Wildman–Crippen MR) is 56.8 cm³/mol. The van der Waals surface area contributed by atoms with Gasteiger partial charge >= 0.3 is 0 Å². The molecule has 1 heterocycles. The molecule has 86 valence electrons. The van der Waals surface area contributed by atoms with Crippen molar-refractivity contribution < 1.29 is 13.5 Å². The van der Waals surface area contributed by atoms with Gasteiger partial charge in [0.05, 0.1) is 12.6 Å². The normalized spacial score (nSPS) is 16.8. The van der Waals surface area contributed by atoms with Crippen molar-refractivity contribution in [2.24, 2.45) is 0 Å². The molecule has 0 aromatic heterocycles. The van der Waals surface area contributed by atoms with Crippen LogP contribution in [0.15, 0.2) is 30.0 Å². The fourth-order valence-electron chi connectivity index (χ4n) is 1.80. The topological polar surface area (TPSA) is 21.3 Å². The van der Waals surface area contributed by atoms with Gasteiger partial charge in [-0.25, -0.2) is 8.78 Å². The lowest BCUT2D eigenvalue weighted by atomic mass is 10.0. The molecule has 0 aliphatic carbocycles. The Morgan fingerprint density at radius 2 is 2.12 bits per heavy atom. The Balaban J connectivity index is 2.29. The van der Waals surface area contributed by atoms with Crippen LogP contribution in [0.1, 0.15) is 18.0 Å². The summed E-state index contributed by atoms with van der Waals surface area (Å²) in [6.07, 6.45) is 2.82. The zero-order valence-electron chi connectivity index (χ0n) is 8.97. The lowest BCUT2D eigenvalue weighted by molar-refractivity contribution is 0.218. The van der Waals surface area contributed by atoms with Crippen molar-refractivity contribution in [3.05, 3.63) is 47.2 Å². The third-order valence-corrected chi connectivity index (χ3v) is 2.58. The third-order valence-electron chi connectivity index (χ3n) is 2.58. The first-order valence-electron chi connectivity index (χ1n) is 5.17. The molecule has 1 unspecified atom stereocenters. The standard InChI is InChI=1S/C12H13F2NO/c1-15-12(11-3-2-6-16-11)8-4-5-9(13)10(14)7-8/h3-5,7,12,15H,2,6H2,1H3. The molecule has 0 amide bonds. The van der Waals surface area contributed by atoms with Crippen LogP contribution in [0.25, 0.3) is 0 Å². The molecule has 0 bridgehead atoms. The maximum atomic E-state index is 13.1. The Kier molecular flexibility index (Phi) is 3.19. The molecule has 1 aromatic rings. The van der Waals surface area contributed by atoms with E-state index < -0.39 is 11.6 Å². The molecule has 1 aliphatic rings. The number of halogens is 2. The molecule has 2 rings (SSSR count). The smallest absolute Gasteiger partial charge is 0.159 e. The molecule has 1 aromatic carbocycles. The first kappa shape index (κ1) is 11.1. The van der Waals surface area contributed by atoms with Crippen LogP contribution in [0.3, 0.4) is 0 Å². The van der Waals surface area contributed by atoms with E-state index in [0.29, 0.717) is 12.2 Å². The summed E-state index contributed by atoms with van der Waals surface area (Å²) in [6.45, 7) is 0.650. The summed E-state index contributed by atoms with van der Waals surface area (Å²) in [6, 6.07) is 3.67. The lowest BCUT2D eigenvalue weighted by Gasteiger charge is -2.18. The Hall–Kier alpha value is -1.42. The predicted octanol–water partition coefficient (Wildman–Crippen LogP) is 2.53. The van der Waals surface area contributed by atoms with Crippen LogP contribution in [-0.2, 0) is 4.74 Å². The van der Waals surface area contributed by atoms with Crippen molar-refractivity contribution in [1.29, 1.82) is 0 Å². The maximum Gasteiger partial charge on any atom is 0.159 e. The third kappa shape index (κ3) is 2.07. The van der Waals surface area contributed by atoms with Gasteiger partial charge in [0.2, 0.25) is 0 Å². The van der Waals surface area contributed by atoms with E-state index in [9.17, 15) is 8.78 Å². The first-order chi connectivity index (χ1) is 7.72. The van der Waals surface area contributed by atoms with E-state index in [1.165, 1.54) is 6.07 Å². The van der Waals surface area contributed by atoms with Gasteiger partial charge < -0.3 is 10.1 Å². The van der Waals surface area contributed by atoms with E-state index in [0.717, 1.165) is 18.2 Å². The van der Waals surface area contributed by atoms with E-state index in [1.54, 1.807) is 13.1 Å². The van der Waals surface area contributed by atoms with E-state index in [2.05, 4.69) is 5.32 Å². The second-order valence-electron chi connectivity index (χ2n) is 3.64. The fraction of sp³-hybridized carbons (Fsp3) is 0.333. The van der Waals surface area contributed by atoms with Crippen molar-refractivity contribution in [1.82, 2.24) is 5.32 Å². The highest BCUT2D eigenvalue weighted by molar-refractivity contribution is 5.27. The maximum absolute atomic E-state index is 13.1. The molecule has 0 spiro atoms. The number of likely N-dealkylation sites (N-methyl/N-ethyl adjacent to an activating group) is 1. The van der Waals surface area contributed by atoms with Gasteiger partial charge in [0.15, 0.2) is 11.6 Å². The van der Waals surface area contributed by atoms with Gasteiger partial charge in [-0.1, -0.05) is 6.07 Å². The van der Waals surface area contributed by atoms with Crippen LogP contribution in [-0.4, -0.2) is 13.7 Å². The van der Waals surface area contributed by atoms with Crippen LogP contribution in [0.5, 0.6) is 0 Å². The molecular weight excluding hydrogens is 212 g/mol. The summed E-state index contributed by atoms with van der Waals surface area (Å²) in [5.74, 6) is -0.898. The molecule has 0 saturated carbocycles. The molecule has 4 heteroatoms. The minimum Gasteiger partial charge on any atom is -0.496 e. The molecule has 1 atom stereocenters. The van der Waals surface area contributed by atoms with Crippen molar-refractivity contribution in [3.8, 4) is 0 Å². The number of rotatable bonds is 3. The number of benzene rings is 1. The monoisotopic (exact) mass is 225 g/mol. The zero-order valence-corrected chi connectivity index (χ0v) is 8.97. The van der Waals surface area contributed by atoms with Crippen LogP contribution in [0, 0.1) is 11.6 Å². The van der Waals surface area contributed by atoms with E-state index in [-0.39, 0.29) is 6.04 Å². The van der Waals surface area contributed by atoms with Gasteiger partial charge in [-0.3, -0.25) is 0 Å². The highest BCUT2D eigenvalue weighted by Gasteiger charge is 2.20. The molecule has 1 N–H and O–H groups in total. The molecule has 0 saturated heterocycles. The molecule has 0 fully saturated rings. The van der Waals surface area contributed by atoms with Gasteiger partial charge in [0.1, 0.15) is 5.76 Å². The van der Waals surface area contributed by atoms with E-state index in [1.807, 2.05) is 6.08 Å². The van der Waals surface area contributed by atoms with Crippen LogP contribution in [0.2, 0.25) is 0 Å². The quantitative estimate of drug-likeness (QED) is 0.853. The van der Waals surface area contributed by atoms with E-state index in [4.69, 9.17) is 4.74 Å². The van der Waals surface area contributed by atoms with Crippen molar-refractivity contribution in [3.63, 3.8) is 0 Å². The molecular formula is C12H13F2NO. The van der Waals surface area contributed by atoms with Gasteiger partial charge in [0.25, 0.3) is 0 Å². The molecule has 1 aliphatic heterocycles. The minimum absolute atomic E-state index is 0.211. The average Bonchev–Trinajstić information content (AvgIpc) is 2.78. The Bertz CT molecular complexity index is 417. The number of ether oxygens (including phenoxy) is 1. The summed E-state index contributed by atoms with van der Waals surface area (Å²) < 4.78 is 31.3. The Labute approximate surface area is 92.9 Å². The van der Waals surface area contributed by atoms with Crippen LogP contribution >= 0.6 is 0 Å². The molecule has 0 radical (unpaired) electrons. The second-order valence-corrected chi connectivity index (χ2v) is 3.64. The van der Waals surface area contributed by atoms with Crippen molar-refractivity contribution in [2.45, 2.75) is 12.5 Å². The number of nitrogens with one attached hydrogen (secondary N) is 1. The van der Waals surface area contributed by atoms with Crippen molar-refractivity contribution >= 4 is 0 Å². The highest BCUT2D eigenvalue weighted by Crippen LogP contribution is 2.26. The van der Waals surface area contributed by atoms with E-state index >= 15 is 0 Å². The minimum atomic E-state index is -0.837. The largest absolute Gasteiger partial charge is 0.496 e. The van der Waals surface area contributed by atoms with Crippen LogP contribution < -0.4 is 5.32 Å². The van der Waals surface area contributed by atoms with Gasteiger partial charge in [-0.05, 0) is 30.8 Å². The second kappa shape index (κ2) is 4.61. The SMILES string of the molecule is CNC(C1=CCCO1)c1ccc(F)c(F)c1. The summed E-state index contributed by atoms with van der Waals surface area (Å²) in [5.41, 5.74) is 0.662. The van der Waals surface area contributed by atoms with Crippen molar-refractivity contribution in [2.75, 3.05) is 13.7 Å². The average molecular weight is 225 g/mol. The van der Waals surface area contributed by atoms with Gasteiger partial charge in [0, 0.05) is 6.42 Å². The Morgan fingerprint density at radius 1 is 1.31 bits per heavy atom. The lowest BCUT2D eigenvalue weighted by Crippen LogP contribution is -2.19. The van der Waals surface area contributed by atoms with Gasteiger partial charge in [-0.15, -0.1) is 0 Å². The number of hydrogen-bond donors (Lipinski definition) is 1. The van der Waals surface area contributed by atoms with Crippen LogP contribution in [0.4, 0.5) is 8.78 Å². The summed E-state index contributed by atoms with van der Waals surface area (Å²) in [5, 5.41) is 3.02. The number of hydrogen-bond acceptors (Lipinski definition) is 2. The summed E-state index contributed by atoms with van der Waals surface area (Å²) >= 11 is 0. The highest BCUT2D eigenvalue weighted by atomic mass is 19.2. The summed E-state index contributed by atoms with van der Waals surface area (Å²) in [4.78, 5) is 0.